The van der Waals surface area contributed by atoms with Gasteiger partial charge in [-0.15, -0.1) is 0 Å². The monoisotopic (exact) mass is 219 g/mol. The molecular weight excluding hydrogens is 202 g/mol. The normalized spacial score (nSPS) is 22.6. The molecule has 0 bridgehead atoms. The van der Waals surface area contributed by atoms with E-state index >= 15 is 0 Å². The fraction of sp³-hybridized carbons (Fsp3) is 0.462. The summed E-state index contributed by atoms with van der Waals surface area (Å²) in [5.74, 6) is 1.78. The minimum Gasteiger partial charge on any atom is -0.496 e. The highest BCUT2D eigenvalue weighted by molar-refractivity contribution is 5.81. The molecule has 1 saturated carbocycles. The second kappa shape index (κ2) is 4.56. The van der Waals surface area contributed by atoms with Crippen LogP contribution in [0, 0.1) is 11.8 Å². The average molecular weight is 219 g/mol. The van der Waals surface area contributed by atoms with Gasteiger partial charge in [0.1, 0.15) is 5.75 Å². The average Bonchev–Trinajstić information content (AvgIpc) is 3.04. The van der Waals surface area contributed by atoms with E-state index in [0.29, 0.717) is 12.5 Å². The largest absolute Gasteiger partial charge is 0.496 e. The summed E-state index contributed by atoms with van der Waals surface area (Å²) in [6, 6.07) is 7.74. The van der Waals surface area contributed by atoms with Gasteiger partial charge in [-0.25, -0.2) is 0 Å². The molecule has 0 saturated heterocycles. The third-order valence-corrected chi connectivity index (χ3v) is 3.09. The molecule has 16 heavy (non-hydrogen) atoms. The van der Waals surface area contributed by atoms with Gasteiger partial charge in [0.15, 0.2) is 0 Å². The number of nitrogens with one attached hydrogen (secondary N) is 1. The van der Waals surface area contributed by atoms with Gasteiger partial charge in [-0.05, 0) is 18.4 Å². The minimum atomic E-state index is 0.165. The molecule has 1 aliphatic carbocycles. The van der Waals surface area contributed by atoms with Crippen molar-refractivity contribution in [2.75, 3.05) is 7.11 Å². The molecule has 2 atom stereocenters. The van der Waals surface area contributed by atoms with Gasteiger partial charge in [0.2, 0.25) is 5.91 Å². The summed E-state index contributed by atoms with van der Waals surface area (Å²) < 4.78 is 5.22. The molecule has 3 heteroatoms. The number of amides is 1. The first-order chi connectivity index (χ1) is 7.72. The summed E-state index contributed by atoms with van der Waals surface area (Å²) in [6.07, 6.45) is 1.03. The van der Waals surface area contributed by atoms with Crippen LogP contribution in [0.4, 0.5) is 0 Å². The van der Waals surface area contributed by atoms with E-state index in [1.54, 1.807) is 7.11 Å². The number of rotatable bonds is 4. The Kier molecular flexibility index (Phi) is 3.13. The van der Waals surface area contributed by atoms with Crippen LogP contribution in [0.25, 0.3) is 0 Å². The summed E-state index contributed by atoms with van der Waals surface area (Å²) in [5, 5.41) is 2.95. The third-order valence-electron chi connectivity index (χ3n) is 3.09. The van der Waals surface area contributed by atoms with Crippen molar-refractivity contribution in [1.29, 1.82) is 0 Å². The van der Waals surface area contributed by atoms with E-state index in [-0.39, 0.29) is 11.8 Å². The number of ether oxygens (including phenoxy) is 1. The number of hydrogen-bond acceptors (Lipinski definition) is 2. The van der Waals surface area contributed by atoms with Gasteiger partial charge in [-0.2, -0.15) is 0 Å². The standard InChI is InChI=1S/C13H17NO2/c1-9-7-11(9)13(15)14-8-10-5-3-4-6-12(10)16-2/h3-6,9,11H,7-8H2,1-2H3,(H,14,15)/t9-,11-/m1/s1. The van der Waals surface area contributed by atoms with Gasteiger partial charge < -0.3 is 10.1 Å². The lowest BCUT2D eigenvalue weighted by Crippen LogP contribution is -2.25. The first kappa shape index (κ1) is 11.0. The van der Waals surface area contributed by atoms with Gasteiger partial charge in [0.25, 0.3) is 0 Å². The van der Waals surface area contributed by atoms with Gasteiger partial charge >= 0.3 is 0 Å². The first-order valence-electron chi connectivity index (χ1n) is 5.62. The Labute approximate surface area is 95.8 Å². The van der Waals surface area contributed by atoms with E-state index in [0.717, 1.165) is 17.7 Å². The number of para-hydroxylation sites is 1. The first-order valence-corrected chi connectivity index (χ1v) is 5.62. The molecule has 3 nitrogen and oxygen atoms in total. The van der Waals surface area contributed by atoms with E-state index in [4.69, 9.17) is 4.74 Å². The maximum absolute atomic E-state index is 11.6. The second-order valence-corrected chi connectivity index (χ2v) is 4.35. The Bertz CT molecular complexity index is 389. The second-order valence-electron chi connectivity index (χ2n) is 4.35. The number of carbonyl (C=O) groups is 1. The smallest absolute Gasteiger partial charge is 0.223 e. The minimum absolute atomic E-state index is 0.165. The van der Waals surface area contributed by atoms with Crippen molar-refractivity contribution < 1.29 is 9.53 Å². The number of methoxy groups -OCH3 is 1. The molecule has 2 rings (SSSR count). The lowest BCUT2D eigenvalue weighted by atomic mass is 10.2. The summed E-state index contributed by atoms with van der Waals surface area (Å²) in [6.45, 7) is 2.65. The Morgan fingerprint density at radius 1 is 1.50 bits per heavy atom. The summed E-state index contributed by atoms with van der Waals surface area (Å²) in [7, 11) is 1.64. The van der Waals surface area contributed by atoms with E-state index in [1.807, 2.05) is 24.3 Å². The summed E-state index contributed by atoms with van der Waals surface area (Å²) >= 11 is 0. The highest BCUT2D eigenvalue weighted by Gasteiger charge is 2.38. The van der Waals surface area contributed by atoms with Crippen molar-refractivity contribution in [2.24, 2.45) is 11.8 Å². The predicted octanol–water partition coefficient (Wildman–Crippen LogP) is 1.97. The molecule has 86 valence electrons. The van der Waals surface area contributed by atoms with Crippen molar-refractivity contribution in [3.63, 3.8) is 0 Å². The van der Waals surface area contributed by atoms with Gasteiger partial charge in [0, 0.05) is 18.0 Å². The van der Waals surface area contributed by atoms with Crippen LogP contribution in [-0.2, 0) is 11.3 Å². The molecule has 1 fully saturated rings. The highest BCUT2D eigenvalue weighted by Crippen LogP contribution is 2.37. The molecule has 0 aliphatic heterocycles. The Morgan fingerprint density at radius 3 is 2.81 bits per heavy atom. The van der Waals surface area contributed by atoms with Crippen LogP contribution < -0.4 is 10.1 Å². The van der Waals surface area contributed by atoms with Gasteiger partial charge in [-0.3, -0.25) is 4.79 Å². The molecular formula is C13H17NO2. The van der Waals surface area contributed by atoms with Crippen LogP contribution in [0.15, 0.2) is 24.3 Å². The topological polar surface area (TPSA) is 38.3 Å². The van der Waals surface area contributed by atoms with Crippen LogP contribution in [0.3, 0.4) is 0 Å². The van der Waals surface area contributed by atoms with Crippen LogP contribution in [-0.4, -0.2) is 13.0 Å². The maximum Gasteiger partial charge on any atom is 0.223 e. The van der Waals surface area contributed by atoms with Gasteiger partial charge in [0.05, 0.1) is 7.11 Å². The van der Waals surface area contributed by atoms with Crippen LogP contribution in [0.1, 0.15) is 18.9 Å². The van der Waals surface area contributed by atoms with Crippen LogP contribution in [0.5, 0.6) is 5.75 Å². The lowest BCUT2D eigenvalue weighted by Gasteiger charge is -2.09. The zero-order chi connectivity index (χ0) is 11.5. The number of carbonyl (C=O) groups excluding carboxylic acids is 1. The maximum atomic E-state index is 11.6. The molecule has 0 heterocycles. The SMILES string of the molecule is COc1ccccc1CNC(=O)[C@@H]1C[C@H]1C. The van der Waals surface area contributed by atoms with E-state index in [1.165, 1.54) is 0 Å². The zero-order valence-corrected chi connectivity index (χ0v) is 9.69. The lowest BCUT2D eigenvalue weighted by molar-refractivity contribution is -0.122. The van der Waals surface area contributed by atoms with Crippen molar-refractivity contribution in [3.05, 3.63) is 29.8 Å². The van der Waals surface area contributed by atoms with Crippen molar-refractivity contribution in [1.82, 2.24) is 5.32 Å². The van der Waals surface area contributed by atoms with Crippen molar-refractivity contribution >= 4 is 5.91 Å². The van der Waals surface area contributed by atoms with E-state index in [9.17, 15) is 4.79 Å². The molecule has 1 N–H and O–H groups in total. The Hall–Kier alpha value is -1.51. The predicted molar refractivity (Wildman–Crippen MR) is 62.1 cm³/mol. The molecule has 1 amide bonds. The molecule has 1 aliphatic rings. The van der Waals surface area contributed by atoms with Crippen molar-refractivity contribution in [2.45, 2.75) is 19.9 Å². The van der Waals surface area contributed by atoms with Crippen molar-refractivity contribution in [3.8, 4) is 5.75 Å². The number of benzene rings is 1. The molecule has 0 spiro atoms. The van der Waals surface area contributed by atoms with E-state index < -0.39 is 0 Å². The molecule has 0 aromatic heterocycles. The van der Waals surface area contributed by atoms with Crippen LogP contribution >= 0.6 is 0 Å². The molecule has 1 aromatic carbocycles. The highest BCUT2D eigenvalue weighted by atomic mass is 16.5. The van der Waals surface area contributed by atoms with Crippen LogP contribution in [0.2, 0.25) is 0 Å². The van der Waals surface area contributed by atoms with E-state index in [2.05, 4.69) is 12.2 Å². The third kappa shape index (κ3) is 2.35. The Morgan fingerprint density at radius 2 is 2.19 bits per heavy atom. The fourth-order valence-corrected chi connectivity index (χ4v) is 1.85. The molecule has 1 aromatic rings. The zero-order valence-electron chi connectivity index (χ0n) is 9.69. The van der Waals surface area contributed by atoms with Gasteiger partial charge in [-0.1, -0.05) is 25.1 Å². The molecule has 0 radical (unpaired) electrons. The summed E-state index contributed by atoms with van der Waals surface area (Å²) in [5.41, 5.74) is 1.02. The fourth-order valence-electron chi connectivity index (χ4n) is 1.85. The number of hydrogen-bond donors (Lipinski definition) is 1. The Balaban J connectivity index is 1.91. The molecule has 0 unspecified atom stereocenters. The summed E-state index contributed by atoms with van der Waals surface area (Å²) in [4.78, 5) is 11.6. The quantitative estimate of drug-likeness (QED) is 0.840.